The number of esters is 1. The summed E-state index contributed by atoms with van der Waals surface area (Å²) in [5, 5.41) is 3.57. The number of hydrogen-bond acceptors (Lipinski definition) is 3. The molecule has 2 bridgehead atoms. The van der Waals surface area contributed by atoms with Crippen molar-refractivity contribution in [3.05, 3.63) is 39.5 Å². The van der Waals surface area contributed by atoms with E-state index in [2.05, 4.69) is 58.2 Å². The predicted molar refractivity (Wildman–Crippen MR) is 92.3 cm³/mol. The molecule has 2 saturated heterocycles. The highest BCUT2D eigenvalue weighted by Crippen LogP contribution is 2.42. The Morgan fingerprint density at radius 3 is 2.76 bits per heavy atom. The van der Waals surface area contributed by atoms with Gasteiger partial charge in [0.25, 0.3) is 0 Å². The lowest BCUT2D eigenvalue weighted by molar-refractivity contribution is -0.148. The first-order chi connectivity index (χ1) is 10.2. The van der Waals surface area contributed by atoms with Crippen LogP contribution < -0.4 is 5.32 Å². The third-order valence-corrected chi connectivity index (χ3v) is 5.13. The van der Waals surface area contributed by atoms with Crippen LogP contribution in [0.15, 0.2) is 28.3 Å². The Labute approximate surface area is 139 Å². The van der Waals surface area contributed by atoms with Crippen molar-refractivity contribution < 1.29 is 9.53 Å². The van der Waals surface area contributed by atoms with Crippen LogP contribution in [0.2, 0.25) is 0 Å². The van der Waals surface area contributed by atoms with Gasteiger partial charge in [0.1, 0.15) is 0 Å². The summed E-state index contributed by atoms with van der Waals surface area (Å²) in [6.45, 7) is 0. The van der Waals surface area contributed by atoms with Gasteiger partial charge >= 0.3 is 5.97 Å². The first-order valence-electron chi connectivity index (χ1n) is 7.43. The third kappa shape index (κ3) is 3.01. The number of nitrogens with one attached hydrogen (secondary N) is 1. The number of methoxy groups -OCH3 is 1. The molecule has 4 heteroatoms. The monoisotopic (exact) mass is 393 g/mol. The van der Waals surface area contributed by atoms with Gasteiger partial charge in [-0.1, -0.05) is 46.9 Å². The molecule has 1 N–H and O–H groups in total. The lowest BCUT2D eigenvalue weighted by atomic mass is 9.77. The molecule has 0 saturated carbocycles. The highest BCUT2D eigenvalue weighted by Gasteiger charge is 2.46. The molecule has 0 amide bonds. The second-order valence-electron chi connectivity index (χ2n) is 5.90. The molecule has 4 unspecified atom stereocenters. The molecule has 2 aliphatic rings. The average Bonchev–Trinajstić information content (AvgIpc) is 2.89. The maximum atomic E-state index is 12.2. The van der Waals surface area contributed by atoms with E-state index in [0.29, 0.717) is 6.04 Å². The SMILES string of the molecule is COC(=O)C1C2CCC(CC1c1ccc(C=C[123I])cc1)N2. The standard InChI is InChI=1S/C17H20INO2/c1-21-17(20)16-14(10-13-6-7-15(16)19-13)12-4-2-11(3-5-12)8-9-18/h2-5,8-9,13-16,19H,6-7,10H2,1H3/i18-4. The highest BCUT2D eigenvalue weighted by molar-refractivity contribution is 14.1. The average molecular weight is 393 g/mol. The molecule has 112 valence electrons. The Kier molecular flexibility index (Phi) is 4.64. The molecule has 21 heavy (non-hydrogen) atoms. The zero-order valence-electron chi connectivity index (χ0n) is 12.1. The molecule has 1 aromatic rings. The van der Waals surface area contributed by atoms with Crippen molar-refractivity contribution in [2.75, 3.05) is 7.11 Å². The fourth-order valence-electron chi connectivity index (χ4n) is 3.79. The Morgan fingerprint density at radius 1 is 1.33 bits per heavy atom. The molecule has 0 aromatic heterocycles. The summed E-state index contributed by atoms with van der Waals surface area (Å²) in [5.74, 6) is 0.141. The summed E-state index contributed by atoms with van der Waals surface area (Å²) < 4.78 is 7.07. The van der Waals surface area contributed by atoms with Crippen LogP contribution in [0.3, 0.4) is 0 Å². The molecule has 1 aromatic carbocycles. The van der Waals surface area contributed by atoms with Gasteiger partial charge in [-0.15, -0.1) is 0 Å². The van der Waals surface area contributed by atoms with Crippen molar-refractivity contribution in [2.24, 2.45) is 5.92 Å². The second-order valence-corrected chi connectivity index (χ2v) is 6.62. The third-order valence-electron chi connectivity index (χ3n) is 4.77. The first kappa shape index (κ1) is 15.0. The quantitative estimate of drug-likeness (QED) is 0.631. The molecule has 2 aliphatic heterocycles. The van der Waals surface area contributed by atoms with Crippen LogP contribution in [0.25, 0.3) is 6.08 Å². The fourth-order valence-corrected chi connectivity index (χ4v) is 4.20. The van der Waals surface area contributed by atoms with E-state index < -0.39 is 0 Å². The number of halogens is 1. The maximum absolute atomic E-state index is 12.2. The van der Waals surface area contributed by atoms with Crippen molar-refractivity contribution in [2.45, 2.75) is 37.3 Å². The summed E-state index contributed by atoms with van der Waals surface area (Å²) >= 11 is 2.22. The lowest BCUT2D eigenvalue weighted by Gasteiger charge is -2.36. The Bertz CT molecular complexity index is 540. The van der Waals surface area contributed by atoms with Crippen LogP contribution in [-0.4, -0.2) is 25.2 Å². The van der Waals surface area contributed by atoms with Crippen LogP contribution >= 0.6 is 22.6 Å². The first-order valence-corrected chi connectivity index (χ1v) is 8.68. The zero-order valence-corrected chi connectivity index (χ0v) is 14.2. The van der Waals surface area contributed by atoms with Gasteiger partial charge in [0.2, 0.25) is 0 Å². The van der Waals surface area contributed by atoms with Crippen molar-refractivity contribution in [3.8, 4) is 0 Å². The Morgan fingerprint density at radius 2 is 2.10 bits per heavy atom. The number of piperidine rings is 1. The van der Waals surface area contributed by atoms with Gasteiger partial charge in [-0.2, -0.15) is 0 Å². The van der Waals surface area contributed by atoms with Crippen LogP contribution in [0.4, 0.5) is 0 Å². The van der Waals surface area contributed by atoms with E-state index in [1.807, 2.05) is 4.08 Å². The van der Waals surface area contributed by atoms with Crippen molar-refractivity contribution in [3.63, 3.8) is 0 Å². The number of rotatable bonds is 3. The minimum Gasteiger partial charge on any atom is -0.469 e. The molecule has 3 nitrogen and oxygen atoms in total. The van der Waals surface area contributed by atoms with E-state index in [1.54, 1.807) is 0 Å². The topological polar surface area (TPSA) is 38.3 Å². The highest BCUT2D eigenvalue weighted by atomic mass is 123. The van der Waals surface area contributed by atoms with Gasteiger partial charge in [0.05, 0.1) is 13.0 Å². The molecular formula is C17H20INO2. The largest absolute Gasteiger partial charge is 0.469 e. The minimum absolute atomic E-state index is 0.0558. The van der Waals surface area contributed by atoms with Gasteiger partial charge in [-0.3, -0.25) is 4.79 Å². The molecule has 0 aliphatic carbocycles. The normalized spacial score (nSPS) is 31.5. The summed E-state index contributed by atoms with van der Waals surface area (Å²) in [6, 6.07) is 9.41. The van der Waals surface area contributed by atoms with Crippen LogP contribution in [0, 0.1) is 5.92 Å². The minimum atomic E-state index is -0.0749. The molecule has 2 heterocycles. The van der Waals surface area contributed by atoms with Crippen LogP contribution in [0.5, 0.6) is 0 Å². The molecule has 4 atom stereocenters. The molecule has 0 radical (unpaired) electrons. The van der Waals surface area contributed by atoms with Gasteiger partial charge in [0.15, 0.2) is 0 Å². The summed E-state index contributed by atoms with van der Waals surface area (Å²) in [7, 11) is 1.49. The number of benzene rings is 1. The lowest BCUT2D eigenvalue weighted by Crippen LogP contribution is -2.48. The summed E-state index contributed by atoms with van der Waals surface area (Å²) in [5.41, 5.74) is 2.45. The molecule has 2 fully saturated rings. The Hall–Kier alpha value is -0.880. The fraction of sp³-hybridized carbons (Fsp3) is 0.471. The molecular weight excluding hydrogens is 373 g/mol. The van der Waals surface area contributed by atoms with Crippen LogP contribution in [-0.2, 0) is 9.53 Å². The maximum Gasteiger partial charge on any atom is 0.310 e. The number of carbonyl (C=O) groups excluding carboxylic acids is 1. The van der Waals surface area contributed by atoms with Gasteiger partial charge in [0, 0.05) is 18.0 Å². The number of carbonyl (C=O) groups is 1. The summed E-state index contributed by atoms with van der Waals surface area (Å²) in [4.78, 5) is 12.2. The smallest absolute Gasteiger partial charge is 0.310 e. The summed E-state index contributed by atoms with van der Waals surface area (Å²) in [6.07, 6.45) is 5.35. The van der Waals surface area contributed by atoms with E-state index >= 15 is 0 Å². The van der Waals surface area contributed by atoms with E-state index in [4.69, 9.17) is 4.74 Å². The number of fused-ring (bicyclic) bond motifs is 2. The van der Waals surface area contributed by atoms with Crippen molar-refractivity contribution >= 4 is 34.6 Å². The van der Waals surface area contributed by atoms with Crippen LogP contribution in [0.1, 0.15) is 36.3 Å². The molecule has 3 rings (SSSR count). The van der Waals surface area contributed by atoms with Gasteiger partial charge in [-0.05, 0) is 40.5 Å². The van der Waals surface area contributed by atoms with E-state index in [0.717, 1.165) is 12.8 Å². The Balaban J connectivity index is 1.88. The predicted octanol–water partition coefficient (Wildman–Crippen LogP) is 3.49. The number of hydrogen-bond donors (Lipinski definition) is 1. The van der Waals surface area contributed by atoms with Crippen molar-refractivity contribution in [1.82, 2.24) is 5.32 Å². The second kappa shape index (κ2) is 6.48. The van der Waals surface area contributed by atoms with E-state index in [1.165, 1.54) is 24.7 Å². The van der Waals surface area contributed by atoms with E-state index in [9.17, 15) is 4.79 Å². The van der Waals surface area contributed by atoms with Crippen molar-refractivity contribution in [1.29, 1.82) is 0 Å². The number of ether oxygens (including phenoxy) is 1. The van der Waals surface area contributed by atoms with Gasteiger partial charge < -0.3 is 10.1 Å². The zero-order chi connectivity index (χ0) is 14.8. The molecule has 0 spiro atoms. The van der Waals surface area contributed by atoms with Gasteiger partial charge in [-0.25, -0.2) is 0 Å². The van der Waals surface area contributed by atoms with E-state index in [-0.39, 0.29) is 23.8 Å².